The molecule has 0 unspecified atom stereocenters. The van der Waals surface area contributed by atoms with E-state index in [2.05, 4.69) is 15.4 Å². The number of benzene rings is 1. The number of carbonyl (C=O) groups is 1. The van der Waals surface area contributed by atoms with Crippen molar-refractivity contribution in [1.82, 2.24) is 20.1 Å². The van der Waals surface area contributed by atoms with E-state index in [0.29, 0.717) is 17.1 Å². The predicted octanol–water partition coefficient (Wildman–Crippen LogP) is 3.16. The molecule has 2 aromatic heterocycles. The van der Waals surface area contributed by atoms with Gasteiger partial charge in [-0.25, -0.2) is 4.68 Å². The summed E-state index contributed by atoms with van der Waals surface area (Å²) in [5, 5.41) is 7.80. The van der Waals surface area contributed by atoms with Crippen molar-refractivity contribution in [2.75, 3.05) is 0 Å². The molecule has 0 fully saturated rings. The number of aromatic nitrogens is 3. The largest absolute Gasteiger partial charge is 0.346 e. The predicted molar refractivity (Wildman–Crippen MR) is 88.7 cm³/mol. The molecule has 0 saturated heterocycles. The van der Waals surface area contributed by atoms with Crippen LogP contribution in [0.25, 0.3) is 5.69 Å². The van der Waals surface area contributed by atoms with Gasteiger partial charge in [0.1, 0.15) is 0 Å². The highest BCUT2D eigenvalue weighted by Gasteiger charge is 2.15. The van der Waals surface area contributed by atoms with Crippen molar-refractivity contribution in [3.63, 3.8) is 0 Å². The number of amides is 1. The summed E-state index contributed by atoms with van der Waals surface area (Å²) in [5.41, 5.74) is 2.97. The topological polar surface area (TPSA) is 59.8 Å². The first kappa shape index (κ1) is 15.2. The smallest absolute Gasteiger partial charge is 0.255 e. The van der Waals surface area contributed by atoms with Crippen LogP contribution in [0.15, 0.2) is 54.9 Å². The lowest BCUT2D eigenvalue weighted by atomic mass is 10.2. The summed E-state index contributed by atoms with van der Waals surface area (Å²) in [5.74, 6) is -0.173. The van der Waals surface area contributed by atoms with Gasteiger partial charge in [-0.15, -0.1) is 0 Å². The molecule has 5 nitrogen and oxygen atoms in total. The third-order valence-electron chi connectivity index (χ3n) is 3.48. The third-order valence-corrected chi connectivity index (χ3v) is 3.73. The highest BCUT2D eigenvalue weighted by atomic mass is 35.5. The van der Waals surface area contributed by atoms with E-state index < -0.39 is 0 Å². The SMILES string of the molecule is Cc1c(C(=O)NCc2ccccn2)cnn1-c1ccc(Cl)cc1. The highest BCUT2D eigenvalue weighted by molar-refractivity contribution is 6.30. The first-order chi connectivity index (χ1) is 11.1. The number of nitrogens with zero attached hydrogens (tertiary/aromatic N) is 3. The molecule has 0 bridgehead atoms. The van der Waals surface area contributed by atoms with Gasteiger partial charge < -0.3 is 5.32 Å². The average Bonchev–Trinajstić information content (AvgIpc) is 2.96. The second kappa shape index (κ2) is 6.62. The van der Waals surface area contributed by atoms with E-state index in [9.17, 15) is 4.79 Å². The minimum absolute atomic E-state index is 0.173. The molecule has 116 valence electrons. The number of hydrogen-bond acceptors (Lipinski definition) is 3. The Hall–Kier alpha value is -2.66. The number of hydrogen-bond donors (Lipinski definition) is 1. The molecule has 0 spiro atoms. The zero-order valence-corrected chi connectivity index (χ0v) is 13.3. The van der Waals surface area contributed by atoms with E-state index in [1.807, 2.05) is 37.3 Å². The van der Waals surface area contributed by atoms with Gasteiger partial charge >= 0.3 is 0 Å². The van der Waals surface area contributed by atoms with Gasteiger partial charge in [-0.05, 0) is 43.3 Å². The second-order valence-electron chi connectivity index (χ2n) is 5.04. The van der Waals surface area contributed by atoms with Crippen LogP contribution in [0.4, 0.5) is 0 Å². The molecule has 0 saturated carbocycles. The van der Waals surface area contributed by atoms with Crippen molar-refractivity contribution in [1.29, 1.82) is 0 Å². The normalized spacial score (nSPS) is 10.5. The highest BCUT2D eigenvalue weighted by Crippen LogP contribution is 2.17. The van der Waals surface area contributed by atoms with Gasteiger partial charge in [0.05, 0.1) is 35.4 Å². The van der Waals surface area contributed by atoms with E-state index in [4.69, 9.17) is 11.6 Å². The molecular formula is C17H15ClN4O. The molecule has 1 aromatic carbocycles. The fourth-order valence-electron chi connectivity index (χ4n) is 2.24. The Kier molecular flexibility index (Phi) is 4.39. The third kappa shape index (κ3) is 3.40. The van der Waals surface area contributed by atoms with Crippen LogP contribution in [0, 0.1) is 6.92 Å². The quantitative estimate of drug-likeness (QED) is 0.801. The van der Waals surface area contributed by atoms with Gasteiger partial charge in [0.25, 0.3) is 5.91 Å². The van der Waals surface area contributed by atoms with Crippen LogP contribution < -0.4 is 5.32 Å². The van der Waals surface area contributed by atoms with E-state index in [0.717, 1.165) is 17.1 Å². The molecule has 1 amide bonds. The second-order valence-corrected chi connectivity index (χ2v) is 5.47. The van der Waals surface area contributed by atoms with Gasteiger partial charge in [0, 0.05) is 11.2 Å². The Bertz CT molecular complexity index is 812. The van der Waals surface area contributed by atoms with Crippen LogP contribution in [0.2, 0.25) is 5.02 Å². The van der Waals surface area contributed by atoms with Crippen molar-refractivity contribution >= 4 is 17.5 Å². The lowest BCUT2D eigenvalue weighted by Gasteiger charge is -2.06. The van der Waals surface area contributed by atoms with Crippen LogP contribution >= 0.6 is 11.6 Å². The lowest BCUT2D eigenvalue weighted by molar-refractivity contribution is 0.0950. The molecule has 0 aliphatic carbocycles. The molecule has 0 radical (unpaired) electrons. The van der Waals surface area contributed by atoms with Crippen molar-refractivity contribution in [3.8, 4) is 5.69 Å². The molecule has 3 aromatic rings. The van der Waals surface area contributed by atoms with Gasteiger partial charge in [0.2, 0.25) is 0 Å². The minimum Gasteiger partial charge on any atom is -0.346 e. The van der Waals surface area contributed by atoms with Crippen LogP contribution in [-0.2, 0) is 6.54 Å². The Balaban J connectivity index is 1.76. The van der Waals surface area contributed by atoms with Crippen molar-refractivity contribution in [3.05, 3.63) is 76.8 Å². The molecule has 23 heavy (non-hydrogen) atoms. The Labute approximate surface area is 138 Å². The van der Waals surface area contributed by atoms with Crippen LogP contribution in [0.3, 0.4) is 0 Å². The van der Waals surface area contributed by atoms with E-state index in [-0.39, 0.29) is 5.91 Å². The number of nitrogens with one attached hydrogen (secondary N) is 1. The summed E-state index contributed by atoms with van der Waals surface area (Å²) in [4.78, 5) is 16.5. The van der Waals surface area contributed by atoms with E-state index in [1.54, 1.807) is 29.2 Å². The Morgan fingerprint density at radius 3 is 2.70 bits per heavy atom. The summed E-state index contributed by atoms with van der Waals surface area (Å²) in [6.45, 7) is 2.24. The average molecular weight is 327 g/mol. The molecule has 6 heteroatoms. The summed E-state index contributed by atoms with van der Waals surface area (Å²) >= 11 is 5.89. The Morgan fingerprint density at radius 2 is 2.00 bits per heavy atom. The standard InChI is InChI=1S/C17H15ClN4O/c1-12-16(17(23)20-10-14-4-2-3-9-19-14)11-21-22(12)15-7-5-13(18)6-8-15/h2-9,11H,10H2,1H3,(H,20,23). The molecule has 0 atom stereocenters. The maximum atomic E-state index is 12.3. The van der Waals surface area contributed by atoms with Gasteiger partial charge in [0.15, 0.2) is 0 Å². The molecule has 0 aliphatic heterocycles. The van der Waals surface area contributed by atoms with Gasteiger partial charge in [-0.2, -0.15) is 5.10 Å². The zero-order chi connectivity index (χ0) is 16.2. The molecular weight excluding hydrogens is 312 g/mol. The van der Waals surface area contributed by atoms with Crippen molar-refractivity contribution in [2.24, 2.45) is 0 Å². The minimum atomic E-state index is -0.173. The number of pyridine rings is 1. The maximum Gasteiger partial charge on any atom is 0.255 e. The molecule has 3 rings (SSSR count). The number of rotatable bonds is 4. The number of carbonyl (C=O) groups excluding carboxylic acids is 1. The summed E-state index contributed by atoms with van der Waals surface area (Å²) < 4.78 is 1.71. The van der Waals surface area contributed by atoms with E-state index in [1.165, 1.54) is 0 Å². The monoisotopic (exact) mass is 326 g/mol. The lowest BCUT2D eigenvalue weighted by Crippen LogP contribution is -2.23. The summed E-state index contributed by atoms with van der Waals surface area (Å²) in [6.07, 6.45) is 3.27. The molecule has 1 N–H and O–H groups in total. The summed E-state index contributed by atoms with van der Waals surface area (Å²) in [6, 6.07) is 12.9. The van der Waals surface area contributed by atoms with Gasteiger partial charge in [-0.3, -0.25) is 9.78 Å². The van der Waals surface area contributed by atoms with Gasteiger partial charge in [-0.1, -0.05) is 17.7 Å². The first-order valence-electron chi connectivity index (χ1n) is 7.14. The summed E-state index contributed by atoms with van der Waals surface area (Å²) in [7, 11) is 0. The molecule has 0 aliphatic rings. The fraction of sp³-hybridized carbons (Fsp3) is 0.118. The zero-order valence-electron chi connectivity index (χ0n) is 12.5. The van der Waals surface area contributed by atoms with E-state index >= 15 is 0 Å². The maximum absolute atomic E-state index is 12.3. The van der Waals surface area contributed by atoms with Crippen LogP contribution in [-0.4, -0.2) is 20.7 Å². The first-order valence-corrected chi connectivity index (χ1v) is 7.51. The number of halogens is 1. The Morgan fingerprint density at radius 1 is 1.22 bits per heavy atom. The van der Waals surface area contributed by atoms with Crippen LogP contribution in [0.5, 0.6) is 0 Å². The molecule has 2 heterocycles. The fourth-order valence-corrected chi connectivity index (χ4v) is 2.37. The van der Waals surface area contributed by atoms with Crippen LogP contribution in [0.1, 0.15) is 21.7 Å². The van der Waals surface area contributed by atoms with Crippen molar-refractivity contribution < 1.29 is 4.79 Å². The van der Waals surface area contributed by atoms with Crippen molar-refractivity contribution in [2.45, 2.75) is 13.5 Å².